The molecule has 2 heteroatoms. The van der Waals surface area contributed by atoms with Crippen LogP contribution in [-0.4, -0.2) is 13.1 Å². The number of halogens is 1. The highest BCUT2D eigenvalue weighted by molar-refractivity contribution is 14.1. The van der Waals surface area contributed by atoms with Gasteiger partial charge in [-0.3, -0.25) is 0 Å². The van der Waals surface area contributed by atoms with Crippen molar-refractivity contribution in [2.75, 3.05) is 11.9 Å². The fourth-order valence-corrected chi connectivity index (χ4v) is 2.45. The summed E-state index contributed by atoms with van der Waals surface area (Å²) in [5.41, 5.74) is 1.34. The van der Waals surface area contributed by atoms with E-state index in [-0.39, 0.29) is 0 Å². The van der Waals surface area contributed by atoms with E-state index in [1.165, 1.54) is 15.7 Å². The van der Waals surface area contributed by atoms with Crippen LogP contribution in [0.2, 0.25) is 0 Å². The highest BCUT2D eigenvalue weighted by atomic mass is 127. The van der Waals surface area contributed by atoms with E-state index in [2.05, 4.69) is 79.6 Å². The number of hydrogen-bond acceptors (Lipinski definition) is 1. The summed E-state index contributed by atoms with van der Waals surface area (Å²) in [6.07, 6.45) is 1.23. The molecule has 0 aliphatic rings. The Kier molecular flexibility index (Phi) is 4.90. The third-order valence-corrected chi connectivity index (χ3v) is 4.22. The number of para-hydroxylation sites is 1. The maximum Gasteiger partial charge on any atom is 0.0501 e. The smallest absolute Gasteiger partial charge is 0.0501 e. The molecule has 1 rings (SSSR count). The van der Waals surface area contributed by atoms with Gasteiger partial charge in [-0.25, -0.2) is 0 Å². The van der Waals surface area contributed by atoms with E-state index >= 15 is 0 Å². The maximum absolute atomic E-state index is 2.40. The van der Waals surface area contributed by atoms with Crippen LogP contribution in [0.4, 0.5) is 5.69 Å². The molecule has 0 N–H and O–H groups in total. The highest BCUT2D eigenvalue weighted by Crippen LogP contribution is 2.25. The summed E-state index contributed by atoms with van der Waals surface area (Å²) in [5.74, 6) is 0.728. The molecular formula is C13H20IN. The fourth-order valence-electron chi connectivity index (χ4n) is 1.68. The Bertz CT molecular complexity index is 311. The van der Waals surface area contributed by atoms with Gasteiger partial charge in [0.15, 0.2) is 0 Å². The van der Waals surface area contributed by atoms with E-state index in [4.69, 9.17) is 0 Å². The number of anilines is 1. The van der Waals surface area contributed by atoms with Crippen LogP contribution in [0.25, 0.3) is 0 Å². The van der Waals surface area contributed by atoms with Gasteiger partial charge in [0.25, 0.3) is 0 Å². The first-order valence-electron chi connectivity index (χ1n) is 5.55. The van der Waals surface area contributed by atoms with Gasteiger partial charge in [0.05, 0.1) is 5.69 Å². The van der Waals surface area contributed by atoms with Gasteiger partial charge >= 0.3 is 0 Å². The molecule has 0 heterocycles. The Hall–Kier alpha value is -0.250. The molecule has 0 fully saturated rings. The molecule has 0 amide bonds. The lowest BCUT2D eigenvalue weighted by atomic mass is 9.99. The molecule has 1 aromatic carbocycles. The molecule has 15 heavy (non-hydrogen) atoms. The van der Waals surface area contributed by atoms with Gasteiger partial charge in [0, 0.05) is 16.7 Å². The van der Waals surface area contributed by atoms with Gasteiger partial charge in [-0.15, -0.1) is 0 Å². The predicted molar refractivity (Wildman–Crippen MR) is 76.5 cm³/mol. The molecule has 84 valence electrons. The van der Waals surface area contributed by atoms with Crippen LogP contribution in [0.5, 0.6) is 0 Å². The van der Waals surface area contributed by atoms with Gasteiger partial charge in [0.1, 0.15) is 0 Å². The second kappa shape index (κ2) is 5.73. The zero-order valence-corrected chi connectivity index (χ0v) is 12.2. The highest BCUT2D eigenvalue weighted by Gasteiger charge is 2.16. The number of benzene rings is 1. The SMILES string of the molecule is CCC(C)[C@H](C)N(C)c1ccccc1I. The minimum absolute atomic E-state index is 0.589. The topological polar surface area (TPSA) is 3.24 Å². The lowest BCUT2D eigenvalue weighted by Gasteiger charge is -2.32. The van der Waals surface area contributed by atoms with Crippen molar-refractivity contribution < 1.29 is 0 Å². The second-order valence-corrected chi connectivity index (χ2v) is 5.35. The molecule has 0 aliphatic heterocycles. The lowest BCUT2D eigenvalue weighted by Crippen LogP contribution is -2.34. The minimum atomic E-state index is 0.589. The molecule has 0 aromatic heterocycles. The van der Waals surface area contributed by atoms with Crippen LogP contribution in [0.3, 0.4) is 0 Å². The Labute approximate surface area is 107 Å². The van der Waals surface area contributed by atoms with Crippen LogP contribution >= 0.6 is 22.6 Å². The van der Waals surface area contributed by atoms with Gasteiger partial charge < -0.3 is 4.90 Å². The van der Waals surface area contributed by atoms with Gasteiger partial charge in [0.2, 0.25) is 0 Å². The number of hydrogen-bond donors (Lipinski definition) is 0. The molecule has 0 saturated heterocycles. The summed E-state index contributed by atoms with van der Waals surface area (Å²) in [5, 5.41) is 0. The van der Waals surface area contributed by atoms with E-state index in [1.54, 1.807) is 0 Å². The van der Waals surface area contributed by atoms with Crippen molar-refractivity contribution in [3.8, 4) is 0 Å². The van der Waals surface area contributed by atoms with E-state index in [0.29, 0.717) is 6.04 Å². The lowest BCUT2D eigenvalue weighted by molar-refractivity contribution is 0.453. The van der Waals surface area contributed by atoms with Gasteiger partial charge in [-0.05, 0) is 47.6 Å². The van der Waals surface area contributed by atoms with E-state index in [1.807, 2.05) is 0 Å². The molecule has 0 bridgehead atoms. The van der Waals surface area contributed by atoms with E-state index < -0.39 is 0 Å². The normalized spacial score (nSPS) is 14.7. The Morgan fingerprint density at radius 1 is 1.27 bits per heavy atom. The van der Waals surface area contributed by atoms with E-state index in [0.717, 1.165) is 5.92 Å². The molecule has 0 aliphatic carbocycles. The maximum atomic E-state index is 2.40. The minimum Gasteiger partial charge on any atom is -0.371 e. The first kappa shape index (κ1) is 12.8. The molecule has 0 radical (unpaired) electrons. The van der Waals surface area contributed by atoms with Crippen molar-refractivity contribution in [3.63, 3.8) is 0 Å². The van der Waals surface area contributed by atoms with Crippen LogP contribution < -0.4 is 4.90 Å². The first-order valence-corrected chi connectivity index (χ1v) is 6.63. The zero-order chi connectivity index (χ0) is 11.4. The zero-order valence-electron chi connectivity index (χ0n) is 10.00. The summed E-state index contributed by atoms with van der Waals surface area (Å²) < 4.78 is 1.33. The fraction of sp³-hybridized carbons (Fsp3) is 0.538. The Morgan fingerprint density at radius 2 is 1.87 bits per heavy atom. The van der Waals surface area contributed by atoms with Crippen molar-refractivity contribution >= 4 is 28.3 Å². The number of nitrogens with zero attached hydrogens (tertiary/aromatic N) is 1. The predicted octanol–water partition coefficient (Wildman–Crippen LogP) is 4.16. The standard InChI is InChI=1S/C13H20IN/c1-5-10(2)11(3)15(4)13-9-7-6-8-12(13)14/h6-11H,5H2,1-4H3/t10?,11-/m0/s1. The molecular weight excluding hydrogens is 297 g/mol. The average Bonchev–Trinajstić information content (AvgIpc) is 2.26. The molecule has 1 aromatic rings. The van der Waals surface area contributed by atoms with Crippen molar-refractivity contribution in [2.45, 2.75) is 33.2 Å². The van der Waals surface area contributed by atoms with Crippen LogP contribution in [0, 0.1) is 9.49 Å². The van der Waals surface area contributed by atoms with Crippen molar-refractivity contribution in [1.82, 2.24) is 0 Å². The summed E-state index contributed by atoms with van der Waals surface area (Å²) in [6, 6.07) is 9.15. The monoisotopic (exact) mass is 317 g/mol. The van der Waals surface area contributed by atoms with Crippen molar-refractivity contribution in [2.24, 2.45) is 5.92 Å². The molecule has 1 nitrogen and oxygen atoms in total. The molecule has 1 unspecified atom stereocenters. The largest absolute Gasteiger partial charge is 0.371 e. The van der Waals surface area contributed by atoms with Gasteiger partial charge in [-0.1, -0.05) is 32.4 Å². The summed E-state index contributed by atoms with van der Waals surface area (Å²) in [6.45, 7) is 6.87. The number of rotatable bonds is 4. The summed E-state index contributed by atoms with van der Waals surface area (Å²) in [4.78, 5) is 2.38. The van der Waals surface area contributed by atoms with Crippen LogP contribution in [0.1, 0.15) is 27.2 Å². The molecule has 0 spiro atoms. The molecule has 0 saturated carbocycles. The van der Waals surface area contributed by atoms with E-state index in [9.17, 15) is 0 Å². The van der Waals surface area contributed by atoms with Gasteiger partial charge in [-0.2, -0.15) is 0 Å². The third kappa shape index (κ3) is 3.10. The second-order valence-electron chi connectivity index (χ2n) is 4.19. The first-order chi connectivity index (χ1) is 7.07. The average molecular weight is 317 g/mol. The van der Waals surface area contributed by atoms with Crippen LogP contribution in [-0.2, 0) is 0 Å². The Morgan fingerprint density at radius 3 is 2.40 bits per heavy atom. The quantitative estimate of drug-likeness (QED) is 0.754. The summed E-state index contributed by atoms with van der Waals surface area (Å²) >= 11 is 2.40. The van der Waals surface area contributed by atoms with Crippen molar-refractivity contribution in [3.05, 3.63) is 27.8 Å². The summed E-state index contributed by atoms with van der Waals surface area (Å²) in [7, 11) is 2.19. The third-order valence-electron chi connectivity index (χ3n) is 3.31. The van der Waals surface area contributed by atoms with Crippen molar-refractivity contribution in [1.29, 1.82) is 0 Å². The Balaban J connectivity index is 2.85. The van der Waals surface area contributed by atoms with Crippen LogP contribution in [0.15, 0.2) is 24.3 Å². The molecule has 2 atom stereocenters.